The van der Waals surface area contributed by atoms with Gasteiger partial charge in [-0.15, -0.1) is 0 Å². The van der Waals surface area contributed by atoms with Gasteiger partial charge in [0.15, 0.2) is 5.65 Å². The smallest absolute Gasteiger partial charge is 0.155 e. The Morgan fingerprint density at radius 2 is 2.24 bits per heavy atom. The molecule has 2 unspecified atom stereocenters. The maximum Gasteiger partial charge on any atom is 0.155 e. The average Bonchev–Trinajstić information content (AvgIpc) is 3.07. The van der Waals surface area contributed by atoms with Gasteiger partial charge in [-0.25, -0.2) is 9.50 Å². The summed E-state index contributed by atoms with van der Waals surface area (Å²) in [6, 6.07) is 3.40. The lowest BCUT2D eigenvalue weighted by Crippen LogP contribution is -2.44. The number of nitrogens with one attached hydrogen (secondary N) is 1. The third-order valence-corrected chi connectivity index (χ3v) is 4.91. The van der Waals surface area contributed by atoms with Crippen LogP contribution in [0.25, 0.3) is 5.65 Å². The predicted molar refractivity (Wildman–Crippen MR) is 82.2 cm³/mol. The van der Waals surface area contributed by atoms with Gasteiger partial charge in [0.1, 0.15) is 0 Å². The summed E-state index contributed by atoms with van der Waals surface area (Å²) < 4.78 is 1.88. The molecule has 1 N–H and O–H groups in total. The van der Waals surface area contributed by atoms with E-state index in [0.29, 0.717) is 6.04 Å². The molecule has 0 spiro atoms. The first kappa shape index (κ1) is 13.2. The molecule has 0 aliphatic carbocycles. The lowest BCUT2D eigenvalue weighted by molar-refractivity contribution is 0.180. The van der Waals surface area contributed by atoms with E-state index in [0.717, 1.165) is 23.9 Å². The van der Waals surface area contributed by atoms with Gasteiger partial charge in [-0.2, -0.15) is 5.10 Å². The zero-order valence-corrected chi connectivity index (χ0v) is 12.6. The first-order valence-corrected chi connectivity index (χ1v) is 8.08. The maximum absolute atomic E-state index is 4.48. The van der Waals surface area contributed by atoms with Crippen LogP contribution in [0.4, 0.5) is 0 Å². The van der Waals surface area contributed by atoms with Crippen LogP contribution in [0.1, 0.15) is 36.9 Å². The third kappa shape index (κ3) is 2.56. The van der Waals surface area contributed by atoms with Gasteiger partial charge in [0.2, 0.25) is 0 Å². The topological polar surface area (TPSA) is 45.5 Å². The highest BCUT2D eigenvalue weighted by atomic mass is 15.2. The Kier molecular flexibility index (Phi) is 3.39. The summed E-state index contributed by atoms with van der Waals surface area (Å²) in [6.45, 7) is 5.44. The second-order valence-corrected chi connectivity index (χ2v) is 6.43. The highest BCUT2D eigenvalue weighted by molar-refractivity contribution is 5.38. The Hall–Kier alpha value is -1.46. The molecule has 2 aromatic heterocycles. The van der Waals surface area contributed by atoms with Crippen LogP contribution in [0, 0.1) is 6.92 Å². The molecular formula is C16H23N5. The largest absolute Gasteiger partial charge is 0.308 e. The molecule has 0 bridgehead atoms. The van der Waals surface area contributed by atoms with Gasteiger partial charge >= 0.3 is 0 Å². The van der Waals surface area contributed by atoms with Crippen molar-refractivity contribution in [3.05, 3.63) is 29.7 Å². The molecule has 2 atom stereocenters. The van der Waals surface area contributed by atoms with Crippen molar-refractivity contribution in [2.24, 2.45) is 0 Å². The van der Waals surface area contributed by atoms with Gasteiger partial charge in [0.05, 0.1) is 5.69 Å². The molecular weight excluding hydrogens is 262 g/mol. The minimum Gasteiger partial charge on any atom is -0.308 e. The second-order valence-electron chi connectivity index (χ2n) is 6.43. The summed E-state index contributed by atoms with van der Waals surface area (Å²) in [7, 11) is 0. The standard InChI is InChI=1S/C16H23N5/c1-12-8-16-18-10-13(11-21(16)19-12)9-17-14-5-7-20-6-3-2-4-15(14)20/h8,10-11,14-15,17H,2-7,9H2,1H3. The van der Waals surface area contributed by atoms with Gasteiger partial charge < -0.3 is 5.32 Å². The number of fused-ring (bicyclic) bond motifs is 2. The van der Waals surface area contributed by atoms with E-state index in [1.807, 2.05) is 23.7 Å². The fraction of sp³-hybridized carbons (Fsp3) is 0.625. The minimum atomic E-state index is 0.639. The normalized spacial score (nSPS) is 26.3. The highest BCUT2D eigenvalue weighted by Crippen LogP contribution is 2.27. The Morgan fingerprint density at radius 1 is 1.29 bits per heavy atom. The Labute approximate surface area is 125 Å². The highest BCUT2D eigenvalue weighted by Gasteiger charge is 2.34. The summed E-state index contributed by atoms with van der Waals surface area (Å²) in [5, 5.41) is 8.18. The molecule has 0 saturated carbocycles. The van der Waals surface area contributed by atoms with Crippen LogP contribution >= 0.6 is 0 Å². The van der Waals surface area contributed by atoms with E-state index in [4.69, 9.17) is 0 Å². The summed E-state index contributed by atoms with van der Waals surface area (Å²) in [5.74, 6) is 0. The van der Waals surface area contributed by atoms with E-state index in [9.17, 15) is 0 Å². The van der Waals surface area contributed by atoms with E-state index in [1.165, 1.54) is 44.3 Å². The molecule has 0 radical (unpaired) electrons. The van der Waals surface area contributed by atoms with Crippen LogP contribution in [-0.4, -0.2) is 44.7 Å². The summed E-state index contributed by atoms with van der Waals surface area (Å²) >= 11 is 0. The van der Waals surface area contributed by atoms with Crippen molar-refractivity contribution in [3.63, 3.8) is 0 Å². The molecule has 21 heavy (non-hydrogen) atoms. The summed E-state index contributed by atoms with van der Waals surface area (Å²) in [5.41, 5.74) is 3.15. The number of aromatic nitrogens is 3. The van der Waals surface area contributed by atoms with E-state index in [2.05, 4.69) is 26.5 Å². The first-order valence-electron chi connectivity index (χ1n) is 8.08. The van der Waals surface area contributed by atoms with E-state index in [1.54, 1.807) is 0 Å². The number of aryl methyl sites for hydroxylation is 1. The van der Waals surface area contributed by atoms with Crippen molar-refractivity contribution in [1.82, 2.24) is 24.8 Å². The van der Waals surface area contributed by atoms with Crippen molar-refractivity contribution < 1.29 is 0 Å². The molecule has 2 fully saturated rings. The van der Waals surface area contributed by atoms with Crippen LogP contribution in [0.2, 0.25) is 0 Å². The van der Waals surface area contributed by atoms with Crippen LogP contribution in [0.15, 0.2) is 18.5 Å². The Balaban J connectivity index is 1.43. The maximum atomic E-state index is 4.48. The SMILES string of the molecule is Cc1cc2ncc(CNC3CCN4CCCCC34)cn2n1. The molecule has 4 rings (SSSR count). The molecule has 4 heterocycles. The molecule has 2 saturated heterocycles. The molecule has 0 amide bonds. The first-order chi connectivity index (χ1) is 10.3. The van der Waals surface area contributed by atoms with Crippen molar-refractivity contribution in [2.75, 3.05) is 13.1 Å². The van der Waals surface area contributed by atoms with E-state index < -0.39 is 0 Å². The predicted octanol–water partition coefficient (Wildman–Crippen LogP) is 1.75. The van der Waals surface area contributed by atoms with Crippen molar-refractivity contribution in [1.29, 1.82) is 0 Å². The molecule has 2 aliphatic rings. The van der Waals surface area contributed by atoms with Crippen LogP contribution in [0.3, 0.4) is 0 Å². The monoisotopic (exact) mass is 285 g/mol. The fourth-order valence-electron chi connectivity index (χ4n) is 3.86. The van der Waals surface area contributed by atoms with E-state index in [-0.39, 0.29) is 0 Å². The quantitative estimate of drug-likeness (QED) is 0.933. The zero-order valence-electron chi connectivity index (χ0n) is 12.6. The number of rotatable bonds is 3. The van der Waals surface area contributed by atoms with Crippen LogP contribution in [-0.2, 0) is 6.54 Å². The second kappa shape index (κ2) is 5.39. The summed E-state index contributed by atoms with van der Waals surface area (Å²) in [4.78, 5) is 7.14. The molecule has 0 aromatic carbocycles. The molecule has 2 aromatic rings. The molecule has 2 aliphatic heterocycles. The lowest BCUT2D eigenvalue weighted by Gasteiger charge is -2.32. The summed E-state index contributed by atoms with van der Waals surface area (Å²) in [6.07, 6.45) is 9.46. The molecule has 5 nitrogen and oxygen atoms in total. The van der Waals surface area contributed by atoms with Gasteiger partial charge in [-0.1, -0.05) is 6.42 Å². The Bertz CT molecular complexity index is 635. The van der Waals surface area contributed by atoms with Crippen molar-refractivity contribution in [3.8, 4) is 0 Å². The van der Waals surface area contributed by atoms with Crippen LogP contribution in [0.5, 0.6) is 0 Å². The molecule has 112 valence electrons. The Morgan fingerprint density at radius 3 is 3.19 bits per heavy atom. The fourth-order valence-corrected chi connectivity index (χ4v) is 3.86. The van der Waals surface area contributed by atoms with Gasteiger partial charge in [0, 0.05) is 49.2 Å². The molecule has 5 heteroatoms. The average molecular weight is 285 g/mol. The number of piperidine rings is 1. The lowest BCUT2D eigenvalue weighted by atomic mass is 9.99. The van der Waals surface area contributed by atoms with Gasteiger partial charge in [-0.05, 0) is 32.7 Å². The van der Waals surface area contributed by atoms with Crippen molar-refractivity contribution in [2.45, 2.75) is 51.2 Å². The van der Waals surface area contributed by atoms with E-state index >= 15 is 0 Å². The van der Waals surface area contributed by atoms with Gasteiger partial charge in [-0.3, -0.25) is 4.90 Å². The number of hydrogen-bond acceptors (Lipinski definition) is 4. The van der Waals surface area contributed by atoms with Crippen molar-refractivity contribution >= 4 is 5.65 Å². The third-order valence-electron chi connectivity index (χ3n) is 4.91. The number of hydrogen-bond donors (Lipinski definition) is 1. The van der Waals surface area contributed by atoms with Gasteiger partial charge in [0.25, 0.3) is 0 Å². The minimum absolute atomic E-state index is 0.639. The van der Waals surface area contributed by atoms with Crippen LogP contribution < -0.4 is 5.32 Å². The zero-order chi connectivity index (χ0) is 14.2. The number of nitrogens with zero attached hydrogens (tertiary/aromatic N) is 4.